The lowest BCUT2D eigenvalue weighted by Gasteiger charge is -2.09. The second-order valence-electron chi connectivity index (χ2n) is 5.11. The first kappa shape index (κ1) is 11.2. The standard InChI is InChI=1S/C17H16O/c1-11-3-6-15(12(2)9-11)13-4-7-16-14(10-13)5-8-17(16)18/h3-4,6-7,9-10H,5,8H2,1-2H3. The quantitative estimate of drug-likeness (QED) is 0.728. The predicted molar refractivity (Wildman–Crippen MR) is 74.0 cm³/mol. The molecule has 0 fully saturated rings. The molecule has 0 saturated carbocycles. The summed E-state index contributed by atoms with van der Waals surface area (Å²) in [4.78, 5) is 11.6. The van der Waals surface area contributed by atoms with Crippen LogP contribution >= 0.6 is 0 Å². The van der Waals surface area contributed by atoms with Crippen LogP contribution in [-0.4, -0.2) is 5.78 Å². The summed E-state index contributed by atoms with van der Waals surface area (Å²) in [5.41, 5.74) is 7.19. The van der Waals surface area contributed by atoms with Crippen molar-refractivity contribution in [1.82, 2.24) is 0 Å². The first-order chi connectivity index (χ1) is 8.65. The largest absolute Gasteiger partial charge is 0.294 e. The number of fused-ring (bicyclic) bond motifs is 1. The van der Waals surface area contributed by atoms with Gasteiger partial charge < -0.3 is 0 Å². The Balaban J connectivity index is 2.10. The van der Waals surface area contributed by atoms with Gasteiger partial charge in [-0.2, -0.15) is 0 Å². The monoisotopic (exact) mass is 236 g/mol. The molecule has 1 aliphatic carbocycles. The van der Waals surface area contributed by atoms with Crippen LogP contribution in [0, 0.1) is 13.8 Å². The zero-order valence-electron chi connectivity index (χ0n) is 10.8. The third-order valence-corrected chi connectivity index (χ3v) is 3.72. The lowest BCUT2D eigenvalue weighted by molar-refractivity contribution is 0.0994. The Morgan fingerprint density at radius 2 is 1.67 bits per heavy atom. The summed E-state index contributed by atoms with van der Waals surface area (Å²) in [6, 6.07) is 12.7. The zero-order chi connectivity index (χ0) is 12.7. The molecule has 1 heteroatoms. The maximum atomic E-state index is 11.6. The van der Waals surface area contributed by atoms with Gasteiger partial charge in [-0.3, -0.25) is 4.79 Å². The van der Waals surface area contributed by atoms with Crippen LogP contribution < -0.4 is 0 Å². The molecule has 2 aromatic carbocycles. The van der Waals surface area contributed by atoms with E-state index in [2.05, 4.69) is 44.2 Å². The minimum Gasteiger partial charge on any atom is -0.294 e. The third kappa shape index (κ3) is 1.76. The summed E-state index contributed by atoms with van der Waals surface area (Å²) in [5, 5.41) is 0. The van der Waals surface area contributed by atoms with Gasteiger partial charge in [0.25, 0.3) is 0 Å². The van der Waals surface area contributed by atoms with Crippen molar-refractivity contribution in [2.45, 2.75) is 26.7 Å². The summed E-state index contributed by atoms with van der Waals surface area (Å²) < 4.78 is 0. The number of carbonyl (C=O) groups excluding carboxylic acids is 1. The van der Waals surface area contributed by atoms with Crippen LogP contribution in [-0.2, 0) is 6.42 Å². The molecule has 0 radical (unpaired) electrons. The van der Waals surface area contributed by atoms with Crippen LogP contribution in [0.25, 0.3) is 11.1 Å². The number of ketones is 1. The van der Waals surface area contributed by atoms with Gasteiger partial charge in [-0.15, -0.1) is 0 Å². The Bertz CT molecular complexity index is 638. The highest BCUT2D eigenvalue weighted by Gasteiger charge is 2.19. The molecule has 3 rings (SSSR count). The molecule has 0 unspecified atom stereocenters. The van der Waals surface area contributed by atoms with Gasteiger partial charge in [0, 0.05) is 12.0 Å². The molecule has 0 aromatic heterocycles. The number of carbonyl (C=O) groups is 1. The average molecular weight is 236 g/mol. The Hall–Kier alpha value is -1.89. The molecular formula is C17H16O. The van der Waals surface area contributed by atoms with E-state index in [1.807, 2.05) is 6.07 Å². The van der Waals surface area contributed by atoms with E-state index in [1.54, 1.807) is 0 Å². The molecule has 0 aliphatic heterocycles. The molecule has 2 aromatic rings. The zero-order valence-corrected chi connectivity index (χ0v) is 10.8. The van der Waals surface area contributed by atoms with E-state index in [9.17, 15) is 4.79 Å². The van der Waals surface area contributed by atoms with Gasteiger partial charge in [-0.05, 0) is 42.5 Å². The summed E-state index contributed by atoms with van der Waals surface area (Å²) in [5.74, 6) is 0.289. The summed E-state index contributed by atoms with van der Waals surface area (Å²) in [6.07, 6.45) is 1.57. The van der Waals surface area contributed by atoms with Gasteiger partial charge in [-0.25, -0.2) is 0 Å². The van der Waals surface area contributed by atoms with Crippen LogP contribution in [0.5, 0.6) is 0 Å². The van der Waals surface area contributed by atoms with Gasteiger partial charge in [-0.1, -0.05) is 42.0 Å². The van der Waals surface area contributed by atoms with Gasteiger partial charge in [0.05, 0.1) is 0 Å². The van der Waals surface area contributed by atoms with Crippen LogP contribution in [0.3, 0.4) is 0 Å². The van der Waals surface area contributed by atoms with Crippen molar-refractivity contribution in [3.8, 4) is 11.1 Å². The Kier molecular flexibility index (Phi) is 2.55. The van der Waals surface area contributed by atoms with E-state index in [0.717, 1.165) is 12.0 Å². The van der Waals surface area contributed by atoms with Crippen LogP contribution in [0.4, 0.5) is 0 Å². The van der Waals surface area contributed by atoms with Gasteiger partial charge >= 0.3 is 0 Å². The molecule has 1 nitrogen and oxygen atoms in total. The first-order valence-electron chi connectivity index (χ1n) is 6.39. The Labute approximate surface area is 107 Å². The van der Waals surface area contributed by atoms with E-state index in [-0.39, 0.29) is 5.78 Å². The highest BCUT2D eigenvalue weighted by Crippen LogP contribution is 2.30. The first-order valence-corrected chi connectivity index (χ1v) is 6.39. The van der Waals surface area contributed by atoms with Crippen LogP contribution in [0.2, 0.25) is 0 Å². The molecular weight excluding hydrogens is 220 g/mol. The van der Waals surface area contributed by atoms with E-state index >= 15 is 0 Å². The van der Waals surface area contributed by atoms with Crippen molar-refractivity contribution >= 4 is 5.78 Å². The number of hydrogen-bond donors (Lipinski definition) is 0. The number of rotatable bonds is 1. The normalized spacial score (nSPS) is 13.8. The Morgan fingerprint density at radius 3 is 2.44 bits per heavy atom. The van der Waals surface area contributed by atoms with Crippen molar-refractivity contribution in [3.63, 3.8) is 0 Å². The summed E-state index contributed by atoms with van der Waals surface area (Å²) in [7, 11) is 0. The van der Waals surface area contributed by atoms with Crippen LogP contribution in [0.1, 0.15) is 33.5 Å². The molecule has 90 valence electrons. The fourth-order valence-corrected chi connectivity index (χ4v) is 2.76. The minimum atomic E-state index is 0.289. The van der Waals surface area contributed by atoms with E-state index < -0.39 is 0 Å². The third-order valence-electron chi connectivity index (χ3n) is 3.72. The maximum absolute atomic E-state index is 11.6. The van der Waals surface area contributed by atoms with Gasteiger partial charge in [0.1, 0.15) is 0 Å². The fraction of sp³-hybridized carbons (Fsp3) is 0.235. The molecule has 18 heavy (non-hydrogen) atoms. The van der Waals surface area contributed by atoms with Gasteiger partial charge in [0.15, 0.2) is 5.78 Å². The predicted octanol–water partition coefficient (Wildman–Crippen LogP) is 4.10. The lowest BCUT2D eigenvalue weighted by atomic mass is 9.96. The average Bonchev–Trinajstić information content (AvgIpc) is 2.71. The van der Waals surface area contributed by atoms with Crippen molar-refractivity contribution in [3.05, 3.63) is 58.7 Å². The Morgan fingerprint density at radius 1 is 0.889 bits per heavy atom. The number of benzene rings is 2. The van der Waals surface area contributed by atoms with Crippen molar-refractivity contribution in [2.75, 3.05) is 0 Å². The van der Waals surface area contributed by atoms with Crippen LogP contribution in [0.15, 0.2) is 36.4 Å². The second-order valence-corrected chi connectivity index (χ2v) is 5.11. The number of Topliss-reactive ketones (excluding diaryl/α,β-unsaturated/α-hetero) is 1. The molecule has 0 atom stereocenters. The second kappa shape index (κ2) is 4.09. The molecule has 0 spiro atoms. The molecule has 0 N–H and O–H groups in total. The van der Waals surface area contributed by atoms with E-state index in [4.69, 9.17) is 0 Å². The van der Waals surface area contributed by atoms with Crippen molar-refractivity contribution in [2.24, 2.45) is 0 Å². The topological polar surface area (TPSA) is 17.1 Å². The number of hydrogen-bond acceptors (Lipinski definition) is 1. The lowest BCUT2D eigenvalue weighted by Crippen LogP contribution is -1.91. The van der Waals surface area contributed by atoms with Crippen molar-refractivity contribution < 1.29 is 4.79 Å². The SMILES string of the molecule is Cc1ccc(-c2ccc3c(c2)CCC3=O)c(C)c1. The maximum Gasteiger partial charge on any atom is 0.163 e. The van der Waals surface area contributed by atoms with E-state index in [1.165, 1.54) is 27.8 Å². The number of aryl methyl sites for hydroxylation is 3. The fourth-order valence-electron chi connectivity index (χ4n) is 2.76. The molecule has 0 heterocycles. The van der Waals surface area contributed by atoms with Crippen molar-refractivity contribution in [1.29, 1.82) is 0 Å². The highest BCUT2D eigenvalue weighted by molar-refractivity contribution is 6.01. The molecule has 1 aliphatic rings. The molecule has 0 bridgehead atoms. The molecule has 0 saturated heterocycles. The minimum absolute atomic E-state index is 0.289. The summed E-state index contributed by atoms with van der Waals surface area (Å²) >= 11 is 0. The molecule has 0 amide bonds. The smallest absolute Gasteiger partial charge is 0.163 e. The summed E-state index contributed by atoms with van der Waals surface area (Å²) in [6.45, 7) is 4.25. The van der Waals surface area contributed by atoms with E-state index in [0.29, 0.717) is 6.42 Å². The highest BCUT2D eigenvalue weighted by atomic mass is 16.1. The van der Waals surface area contributed by atoms with Gasteiger partial charge in [0.2, 0.25) is 0 Å².